The van der Waals surface area contributed by atoms with Gasteiger partial charge >= 0.3 is 0 Å². The number of methoxy groups -OCH3 is 1. The Hall–Kier alpha value is -2.60. The number of pyridine rings is 1. The Labute approximate surface area is 177 Å². The summed E-state index contributed by atoms with van der Waals surface area (Å²) in [6.45, 7) is 9.75. The maximum Gasteiger partial charge on any atom is 0.270 e. The molecular weight excluding hydrogens is 390 g/mol. The monoisotopic (exact) mass is 417 g/mol. The third-order valence-electron chi connectivity index (χ3n) is 4.10. The molecule has 1 aromatic carbocycles. The van der Waals surface area contributed by atoms with Crippen LogP contribution in [0.1, 0.15) is 62.2 Å². The van der Waals surface area contributed by atoms with Crippen LogP contribution in [-0.2, 0) is 11.2 Å². The Balaban J connectivity index is 2.18. The quantitative estimate of drug-likeness (QED) is 0.721. The predicted molar refractivity (Wildman–Crippen MR) is 116 cm³/mol. The lowest BCUT2D eigenvalue weighted by Gasteiger charge is -2.20. The fourth-order valence-corrected chi connectivity index (χ4v) is 3.15. The maximum atomic E-state index is 12.6. The largest absolute Gasteiger partial charge is 0.496 e. The Morgan fingerprint density at radius 1 is 1.21 bits per heavy atom. The van der Waals surface area contributed by atoms with Crippen molar-refractivity contribution in [2.45, 2.75) is 52.5 Å². The summed E-state index contributed by atoms with van der Waals surface area (Å²) < 4.78 is 5.54. The summed E-state index contributed by atoms with van der Waals surface area (Å²) in [7, 11) is 1.58. The summed E-state index contributed by atoms with van der Waals surface area (Å²) in [5, 5.41) is 6.22. The molecule has 2 rings (SSSR count). The molecule has 0 fully saturated rings. The number of benzene rings is 1. The molecule has 156 valence electrons. The normalized spacial score (nSPS) is 11.3. The number of nitrogens with one attached hydrogen (secondary N) is 2. The average Bonchev–Trinajstić information content (AvgIpc) is 2.59. The van der Waals surface area contributed by atoms with Crippen molar-refractivity contribution < 1.29 is 14.3 Å². The standard InChI is InChI=1S/C22H28ClN3O3/c1-13(2)17-11-15(23)9-14(20(17)29-6)10-19(27)25-16-7-8-24-18(12-16)21(28)26-22(3,4)5/h7-9,11-13H,10H2,1-6H3,(H,26,28)(H,24,25,27). The Morgan fingerprint density at radius 3 is 2.48 bits per heavy atom. The maximum absolute atomic E-state index is 12.6. The lowest BCUT2D eigenvalue weighted by molar-refractivity contribution is -0.115. The third-order valence-corrected chi connectivity index (χ3v) is 4.32. The lowest BCUT2D eigenvalue weighted by Crippen LogP contribution is -2.40. The molecule has 0 saturated heterocycles. The zero-order valence-corrected chi connectivity index (χ0v) is 18.5. The zero-order valence-electron chi connectivity index (χ0n) is 17.7. The number of hydrogen-bond acceptors (Lipinski definition) is 4. The van der Waals surface area contributed by atoms with E-state index in [4.69, 9.17) is 16.3 Å². The van der Waals surface area contributed by atoms with Crippen molar-refractivity contribution in [2.24, 2.45) is 0 Å². The molecule has 0 radical (unpaired) electrons. The average molecular weight is 418 g/mol. The number of aromatic nitrogens is 1. The summed E-state index contributed by atoms with van der Waals surface area (Å²) in [4.78, 5) is 29.0. The van der Waals surface area contributed by atoms with E-state index < -0.39 is 0 Å². The van der Waals surface area contributed by atoms with Gasteiger partial charge in [-0.3, -0.25) is 14.6 Å². The minimum atomic E-state index is -0.380. The third kappa shape index (κ3) is 6.46. The number of carbonyl (C=O) groups is 2. The molecule has 0 saturated carbocycles. The van der Waals surface area contributed by atoms with E-state index >= 15 is 0 Å². The summed E-state index contributed by atoms with van der Waals surface area (Å²) in [6.07, 6.45) is 1.58. The number of ether oxygens (including phenoxy) is 1. The van der Waals surface area contributed by atoms with E-state index in [1.807, 2.05) is 40.7 Å². The zero-order chi connectivity index (χ0) is 21.8. The first-order chi connectivity index (χ1) is 13.5. The summed E-state index contributed by atoms with van der Waals surface area (Å²) in [6, 6.07) is 6.78. The number of amides is 2. The molecule has 1 aromatic heterocycles. The van der Waals surface area contributed by atoms with Gasteiger partial charge in [0, 0.05) is 28.0 Å². The van der Waals surface area contributed by atoms with E-state index in [0.29, 0.717) is 22.0 Å². The Kier molecular flexibility index (Phi) is 7.25. The smallest absolute Gasteiger partial charge is 0.270 e. The van der Waals surface area contributed by atoms with Gasteiger partial charge in [0.15, 0.2) is 0 Å². The van der Waals surface area contributed by atoms with E-state index in [1.165, 1.54) is 6.20 Å². The highest BCUT2D eigenvalue weighted by Gasteiger charge is 2.18. The van der Waals surface area contributed by atoms with Crippen molar-refractivity contribution >= 4 is 29.1 Å². The second-order valence-electron chi connectivity index (χ2n) is 8.20. The van der Waals surface area contributed by atoms with Crippen molar-refractivity contribution in [1.82, 2.24) is 10.3 Å². The van der Waals surface area contributed by atoms with Crippen LogP contribution >= 0.6 is 11.6 Å². The Bertz CT molecular complexity index is 905. The van der Waals surface area contributed by atoms with Gasteiger partial charge < -0.3 is 15.4 Å². The first-order valence-corrected chi connectivity index (χ1v) is 9.82. The van der Waals surface area contributed by atoms with Crippen LogP contribution in [0.15, 0.2) is 30.5 Å². The number of halogens is 1. The molecule has 7 heteroatoms. The molecule has 0 spiro atoms. The highest BCUT2D eigenvalue weighted by Crippen LogP contribution is 2.33. The summed E-state index contributed by atoms with van der Waals surface area (Å²) in [5.41, 5.74) is 2.01. The predicted octanol–water partition coefficient (Wildman–Crippen LogP) is 4.58. The number of anilines is 1. The second kappa shape index (κ2) is 9.27. The first-order valence-electron chi connectivity index (χ1n) is 9.45. The fourth-order valence-electron chi connectivity index (χ4n) is 2.90. The first kappa shape index (κ1) is 22.7. The van der Waals surface area contributed by atoms with Crippen LogP contribution in [0.5, 0.6) is 5.75 Å². The summed E-state index contributed by atoms with van der Waals surface area (Å²) >= 11 is 6.24. The molecule has 0 atom stereocenters. The highest BCUT2D eigenvalue weighted by molar-refractivity contribution is 6.30. The number of nitrogens with zero attached hydrogens (tertiary/aromatic N) is 1. The van der Waals surface area contributed by atoms with Crippen LogP contribution in [0.25, 0.3) is 0 Å². The van der Waals surface area contributed by atoms with E-state index in [-0.39, 0.29) is 35.4 Å². The van der Waals surface area contributed by atoms with Gasteiger partial charge in [0.05, 0.1) is 13.5 Å². The van der Waals surface area contributed by atoms with Gasteiger partial charge in [0.25, 0.3) is 5.91 Å². The molecule has 2 N–H and O–H groups in total. The van der Waals surface area contributed by atoms with Gasteiger partial charge in [-0.1, -0.05) is 25.4 Å². The second-order valence-corrected chi connectivity index (χ2v) is 8.64. The molecule has 0 aliphatic rings. The van der Waals surface area contributed by atoms with Gasteiger partial charge in [0.2, 0.25) is 5.91 Å². The topological polar surface area (TPSA) is 80.3 Å². The fraction of sp³-hybridized carbons (Fsp3) is 0.409. The van der Waals surface area contributed by atoms with Crippen LogP contribution in [0, 0.1) is 0 Å². The van der Waals surface area contributed by atoms with E-state index in [9.17, 15) is 9.59 Å². The van der Waals surface area contributed by atoms with Gasteiger partial charge in [0.1, 0.15) is 11.4 Å². The molecule has 0 aliphatic heterocycles. The molecule has 2 aromatic rings. The van der Waals surface area contributed by atoms with Crippen molar-refractivity contribution in [3.63, 3.8) is 0 Å². The van der Waals surface area contributed by atoms with E-state index in [1.54, 1.807) is 25.3 Å². The molecule has 1 heterocycles. The van der Waals surface area contributed by atoms with E-state index in [0.717, 1.165) is 5.56 Å². The minimum absolute atomic E-state index is 0.0926. The van der Waals surface area contributed by atoms with Crippen molar-refractivity contribution in [2.75, 3.05) is 12.4 Å². The van der Waals surface area contributed by atoms with Crippen LogP contribution in [0.3, 0.4) is 0 Å². The Morgan fingerprint density at radius 2 is 1.90 bits per heavy atom. The molecule has 0 unspecified atom stereocenters. The molecule has 0 bridgehead atoms. The molecule has 0 aliphatic carbocycles. The van der Waals surface area contributed by atoms with Gasteiger partial charge in [-0.25, -0.2) is 0 Å². The number of carbonyl (C=O) groups excluding carboxylic acids is 2. The van der Waals surface area contributed by atoms with Crippen LogP contribution in [0.4, 0.5) is 5.69 Å². The van der Waals surface area contributed by atoms with Crippen molar-refractivity contribution in [1.29, 1.82) is 0 Å². The lowest BCUT2D eigenvalue weighted by atomic mass is 9.97. The van der Waals surface area contributed by atoms with Crippen molar-refractivity contribution in [3.05, 3.63) is 52.3 Å². The van der Waals surface area contributed by atoms with Gasteiger partial charge in [-0.15, -0.1) is 0 Å². The van der Waals surface area contributed by atoms with Gasteiger partial charge in [-0.2, -0.15) is 0 Å². The van der Waals surface area contributed by atoms with Crippen molar-refractivity contribution in [3.8, 4) is 5.75 Å². The SMILES string of the molecule is COc1c(CC(=O)Nc2ccnc(C(=O)NC(C)(C)C)c2)cc(Cl)cc1C(C)C. The van der Waals surface area contributed by atoms with Gasteiger partial charge in [-0.05, 0) is 56.5 Å². The van der Waals surface area contributed by atoms with Crippen LogP contribution in [0.2, 0.25) is 5.02 Å². The summed E-state index contributed by atoms with van der Waals surface area (Å²) in [5.74, 6) is 0.328. The number of rotatable bonds is 6. The highest BCUT2D eigenvalue weighted by atomic mass is 35.5. The number of hydrogen-bond donors (Lipinski definition) is 2. The van der Waals surface area contributed by atoms with E-state index in [2.05, 4.69) is 15.6 Å². The minimum Gasteiger partial charge on any atom is -0.496 e. The molecule has 2 amide bonds. The van der Waals surface area contributed by atoms with Crippen LogP contribution in [-0.4, -0.2) is 29.4 Å². The van der Waals surface area contributed by atoms with Crippen LogP contribution < -0.4 is 15.4 Å². The molecule has 6 nitrogen and oxygen atoms in total. The molecule has 29 heavy (non-hydrogen) atoms. The molecular formula is C22H28ClN3O3.